The molecule has 0 atom stereocenters. The second-order valence-corrected chi connectivity index (χ2v) is 5.63. The molecule has 8 nitrogen and oxygen atoms in total. The van der Waals surface area contributed by atoms with Gasteiger partial charge >= 0.3 is 12.0 Å². The number of carbonyl (C=O) groups is 2. The normalized spacial score (nSPS) is 15.0. The highest BCUT2D eigenvalue weighted by Gasteiger charge is 2.34. The van der Waals surface area contributed by atoms with E-state index in [-0.39, 0.29) is 17.8 Å². The van der Waals surface area contributed by atoms with Gasteiger partial charge in [-0.1, -0.05) is 5.21 Å². The molecule has 2 rings (SSSR count). The zero-order valence-corrected chi connectivity index (χ0v) is 12.2. The molecule has 9 heteroatoms. The number of urea groups is 1. The van der Waals surface area contributed by atoms with Crippen LogP contribution in [0.2, 0.25) is 0 Å². The summed E-state index contributed by atoms with van der Waals surface area (Å²) in [6.45, 7) is 1.78. The van der Waals surface area contributed by atoms with Crippen molar-refractivity contribution < 1.29 is 14.7 Å². The molecule has 20 heavy (non-hydrogen) atoms. The van der Waals surface area contributed by atoms with Gasteiger partial charge in [-0.05, 0) is 6.26 Å². The van der Waals surface area contributed by atoms with Gasteiger partial charge < -0.3 is 14.9 Å². The second kappa shape index (κ2) is 6.12. The third-order valence-corrected chi connectivity index (χ3v) is 3.78. The summed E-state index contributed by atoms with van der Waals surface area (Å²) >= 11 is 1.70. The van der Waals surface area contributed by atoms with Crippen molar-refractivity contribution in [2.45, 2.75) is 6.04 Å². The van der Waals surface area contributed by atoms with Crippen LogP contribution in [-0.2, 0) is 0 Å². The predicted octanol–water partition coefficient (Wildman–Crippen LogP) is 0.248. The highest BCUT2D eigenvalue weighted by Crippen LogP contribution is 2.21. The molecule has 1 aliphatic heterocycles. The Labute approximate surface area is 120 Å². The van der Waals surface area contributed by atoms with Gasteiger partial charge in [-0.15, -0.1) is 5.10 Å². The Morgan fingerprint density at radius 1 is 1.55 bits per heavy atom. The lowest BCUT2D eigenvalue weighted by atomic mass is 10.1. The number of hydrogen-bond acceptors (Lipinski definition) is 5. The molecule has 0 unspecified atom stereocenters. The van der Waals surface area contributed by atoms with Gasteiger partial charge in [-0.3, -0.25) is 0 Å². The molecule has 0 saturated carbocycles. The van der Waals surface area contributed by atoms with Crippen LogP contribution in [0.3, 0.4) is 0 Å². The number of aromatic carboxylic acids is 1. The maximum Gasteiger partial charge on any atom is 0.358 e. The Hall–Kier alpha value is -1.77. The van der Waals surface area contributed by atoms with Crippen LogP contribution in [0.25, 0.3) is 0 Å². The first kappa shape index (κ1) is 14.6. The number of carboxylic acids is 1. The first-order chi connectivity index (χ1) is 9.52. The van der Waals surface area contributed by atoms with Crippen molar-refractivity contribution in [1.82, 2.24) is 24.8 Å². The fourth-order valence-electron chi connectivity index (χ4n) is 1.90. The van der Waals surface area contributed by atoms with E-state index in [2.05, 4.69) is 10.3 Å². The fraction of sp³-hybridized carbons (Fsp3) is 0.636. The Morgan fingerprint density at radius 2 is 2.25 bits per heavy atom. The van der Waals surface area contributed by atoms with Crippen molar-refractivity contribution in [1.29, 1.82) is 0 Å². The van der Waals surface area contributed by atoms with E-state index in [9.17, 15) is 9.59 Å². The van der Waals surface area contributed by atoms with E-state index >= 15 is 0 Å². The standard InChI is InChI=1S/C11H17N5O3S/c1-14(3-4-20-2)11(19)15-5-8(6-15)16-7-9(10(17)18)12-13-16/h7-8H,3-6H2,1-2H3,(H,17,18). The molecule has 1 saturated heterocycles. The lowest BCUT2D eigenvalue weighted by Crippen LogP contribution is -2.55. The molecule has 1 aromatic rings. The number of rotatable bonds is 5. The SMILES string of the molecule is CSCCN(C)C(=O)N1CC(n2cc(C(=O)O)nn2)C1. The Balaban J connectivity index is 1.84. The van der Waals surface area contributed by atoms with Crippen molar-refractivity contribution in [2.24, 2.45) is 0 Å². The zero-order valence-electron chi connectivity index (χ0n) is 11.4. The first-order valence-electron chi connectivity index (χ1n) is 6.17. The smallest absolute Gasteiger partial charge is 0.358 e. The molecule has 2 heterocycles. The quantitative estimate of drug-likeness (QED) is 0.838. The summed E-state index contributed by atoms with van der Waals surface area (Å²) in [5, 5.41) is 16.1. The minimum atomic E-state index is -1.10. The molecule has 2 amide bonds. The van der Waals surface area contributed by atoms with Crippen LogP contribution < -0.4 is 0 Å². The summed E-state index contributed by atoms with van der Waals surface area (Å²) in [5.41, 5.74) is -0.0770. The average Bonchev–Trinajstić information content (AvgIpc) is 2.83. The van der Waals surface area contributed by atoms with Crippen LogP contribution >= 0.6 is 11.8 Å². The van der Waals surface area contributed by atoms with Gasteiger partial charge in [0.25, 0.3) is 0 Å². The Morgan fingerprint density at radius 3 is 2.80 bits per heavy atom. The number of carbonyl (C=O) groups excluding carboxylic acids is 1. The number of aromatic nitrogens is 3. The molecule has 110 valence electrons. The highest BCUT2D eigenvalue weighted by molar-refractivity contribution is 7.98. The van der Waals surface area contributed by atoms with Gasteiger partial charge in [0, 0.05) is 32.4 Å². The van der Waals surface area contributed by atoms with Crippen LogP contribution in [0.1, 0.15) is 16.5 Å². The number of nitrogens with zero attached hydrogens (tertiary/aromatic N) is 5. The Kier molecular flexibility index (Phi) is 4.48. The molecule has 0 bridgehead atoms. The van der Waals surface area contributed by atoms with E-state index < -0.39 is 5.97 Å². The van der Waals surface area contributed by atoms with Crippen LogP contribution in [0.5, 0.6) is 0 Å². The predicted molar refractivity (Wildman–Crippen MR) is 74.0 cm³/mol. The summed E-state index contributed by atoms with van der Waals surface area (Å²) in [5.74, 6) is -0.190. The van der Waals surface area contributed by atoms with Crippen molar-refractivity contribution in [3.63, 3.8) is 0 Å². The molecule has 0 spiro atoms. The molecule has 1 aromatic heterocycles. The zero-order chi connectivity index (χ0) is 14.7. The minimum absolute atomic E-state index is 0.00567. The van der Waals surface area contributed by atoms with Crippen molar-refractivity contribution in [3.8, 4) is 0 Å². The van der Waals surface area contributed by atoms with Gasteiger partial charge in [0.05, 0.1) is 12.2 Å². The molecule has 0 aromatic carbocycles. The molecule has 0 aliphatic carbocycles. The summed E-state index contributed by atoms with van der Waals surface area (Å²) in [6.07, 6.45) is 3.40. The van der Waals surface area contributed by atoms with Crippen LogP contribution in [0, 0.1) is 0 Å². The van der Waals surface area contributed by atoms with Crippen molar-refractivity contribution in [3.05, 3.63) is 11.9 Å². The topological polar surface area (TPSA) is 91.6 Å². The molecular formula is C11H17N5O3S. The fourth-order valence-corrected chi connectivity index (χ4v) is 2.35. The van der Waals surface area contributed by atoms with E-state index in [1.807, 2.05) is 6.26 Å². The molecule has 1 N–H and O–H groups in total. The van der Waals surface area contributed by atoms with E-state index in [4.69, 9.17) is 5.11 Å². The van der Waals surface area contributed by atoms with Crippen LogP contribution in [0.15, 0.2) is 6.20 Å². The molecule has 1 fully saturated rings. The number of thioether (sulfide) groups is 1. The molecule has 0 radical (unpaired) electrons. The number of hydrogen-bond donors (Lipinski definition) is 1. The maximum absolute atomic E-state index is 12.0. The summed E-state index contributed by atoms with van der Waals surface area (Å²) < 4.78 is 1.51. The summed E-state index contributed by atoms with van der Waals surface area (Å²) in [4.78, 5) is 26.1. The van der Waals surface area contributed by atoms with Crippen molar-refractivity contribution in [2.75, 3.05) is 38.7 Å². The molecule has 1 aliphatic rings. The Bertz CT molecular complexity index is 500. The van der Waals surface area contributed by atoms with E-state index in [1.165, 1.54) is 10.9 Å². The largest absolute Gasteiger partial charge is 0.476 e. The highest BCUT2D eigenvalue weighted by atomic mass is 32.2. The lowest BCUT2D eigenvalue weighted by molar-refractivity contribution is 0.0689. The van der Waals surface area contributed by atoms with Gasteiger partial charge in [-0.2, -0.15) is 11.8 Å². The number of carboxylic acid groups (broad SMARTS) is 1. The van der Waals surface area contributed by atoms with Crippen LogP contribution in [-0.4, -0.2) is 80.6 Å². The van der Waals surface area contributed by atoms with Gasteiger partial charge in [0.15, 0.2) is 5.69 Å². The van der Waals surface area contributed by atoms with Gasteiger partial charge in [0.2, 0.25) is 0 Å². The first-order valence-corrected chi connectivity index (χ1v) is 7.56. The van der Waals surface area contributed by atoms with E-state index in [0.717, 1.165) is 5.75 Å². The summed E-state index contributed by atoms with van der Waals surface area (Å²) in [7, 11) is 1.78. The van der Waals surface area contributed by atoms with E-state index in [0.29, 0.717) is 19.6 Å². The van der Waals surface area contributed by atoms with E-state index in [1.54, 1.807) is 28.6 Å². The minimum Gasteiger partial charge on any atom is -0.476 e. The molecular weight excluding hydrogens is 282 g/mol. The van der Waals surface area contributed by atoms with Crippen LogP contribution in [0.4, 0.5) is 4.79 Å². The summed E-state index contributed by atoms with van der Waals surface area (Å²) in [6, 6.07) is 0.00220. The number of likely N-dealkylation sites (tertiary alicyclic amines) is 1. The second-order valence-electron chi connectivity index (χ2n) is 4.64. The van der Waals surface area contributed by atoms with Gasteiger partial charge in [-0.25, -0.2) is 14.3 Å². The van der Waals surface area contributed by atoms with Crippen molar-refractivity contribution >= 4 is 23.8 Å². The van der Waals surface area contributed by atoms with Gasteiger partial charge in [0.1, 0.15) is 0 Å². The monoisotopic (exact) mass is 299 g/mol. The maximum atomic E-state index is 12.0. The third-order valence-electron chi connectivity index (χ3n) is 3.19. The third kappa shape index (κ3) is 3.03. The lowest BCUT2D eigenvalue weighted by Gasteiger charge is -2.40. The number of amides is 2. The average molecular weight is 299 g/mol.